The average Bonchev–Trinajstić information content (AvgIpc) is 2.35. The first kappa shape index (κ1) is 12.8. The molecule has 2 N–H and O–H groups in total. The van der Waals surface area contributed by atoms with E-state index in [2.05, 4.69) is 41.5 Å². The number of carbonyl (C=O) groups is 1. The molecule has 1 aliphatic rings. The molecular weight excluding hydrogens is 252 g/mol. The molecule has 0 saturated carbocycles. The first-order valence-corrected chi connectivity index (χ1v) is 7.21. The lowest BCUT2D eigenvalue weighted by Gasteiger charge is -2.20. The molecule has 17 heavy (non-hydrogen) atoms. The Balaban J connectivity index is 2.25. The quantitative estimate of drug-likeness (QED) is 0.734. The van der Waals surface area contributed by atoms with Crippen molar-refractivity contribution in [2.45, 2.75) is 17.4 Å². The fourth-order valence-corrected chi connectivity index (χ4v) is 2.97. The standard InChI is InChI=1S/C12H16N2OS2/c1-13-9(4-5-16)8-2-3-11-10(6-8)14-12(15)7-17-11/h2-3,6,9,13,16H,4-5,7H2,1H3,(H,14,15). The Kier molecular flexibility index (Phi) is 4.36. The topological polar surface area (TPSA) is 41.1 Å². The van der Waals surface area contributed by atoms with Crippen LogP contribution < -0.4 is 10.6 Å². The van der Waals surface area contributed by atoms with Gasteiger partial charge in [-0.25, -0.2) is 0 Å². The molecule has 0 aromatic heterocycles. The van der Waals surface area contributed by atoms with E-state index >= 15 is 0 Å². The zero-order chi connectivity index (χ0) is 12.3. The summed E-state index contributed by atoms with van der Waals surface area (Å²) in [7, 11) is 1.95. The molecule has 1 aromatic carbocycles. The lowest BCUT2D eigenvalue weighted by Crippen LogP contribution is -2.20. The molecule has 1 aliphatic heterocycles. The van der Waals surface area contributed by atoms with Crippen molar-refractivity contribution in [2.24, 2.45) is 0 Å². The van der Waals surface area contributed by atoms with Gasteiger partial charge in [-0.05, 0) is 36.9 Å². The number of amides is 1. The summed E-state index contributed by atoms with van der Waals surface area (Å²) in [4.78, 5) is 12.5. The van der Waals surface area contributed by atoms with Gasteiger partial charge in [0.2, 0.25) is 5.91 Å². The molecule has 0 aliphatic carbocycles. The number of hydrogen-bond donors (Lipinski definition) is 3. The third-order valence-electron chi connectivity index (χ3n) is 2.81. The molecule has 2 rings (SSSR count). The highest BCUT2D eigenvalue weighted by atomic mass is 32.2. The summed E-state index contributed by atoms with van der Waals surface area (Å²) in [6.07, 6.45) is 0.972. The molecule has 1 aromatic rings. The molecule has 0 radical (unpaired) electrons. The second-order valence-corrected chi connectivity index (χ2v) is 5.41. The number of fused-ring (bicyclic) bond motifs is 1. The molecule has 1 atom stereocenters. The van der Waals surface area contributed by atoms with Crippen molar-refractivity contribution in [3.05, 3.63) is 23.8 Å². The van der Waals surface area contributed by atoms with Gasteiger partial charge in [0.25, 0.3) is 0 Å². The molecule has 0 spiro atoms. The smallest absolute Gasteiger partial charge is 0.234 e. The molecular formula is C12H16N2OS2. The van der Waals surface area contributed by atoms with Crippen molar-refractivity contribution < 1.29 is 4.79 Å². The Morgan fingerprint density at radius 3 is 3.12 bits per heavy atom. The average molecular weight is 268 g/mol. The van der Waals surface area contributed by atoms with Crippen LogP contribution in [0.3, 0.4) is 0 Å². The van der Waals surface area contributed by atoms with Crippen molar-refractivity contribution in [2.75, 3.05) is 23.9 Å². The molecule has 1 unspecified atom stereocenters. The summed E-state index contributed by atoms with van der Waals surface area (Å²) in [5.41, 5.74) is 2.13. The maximum atomic E-state index is 11.3. The van der Waals surface area contributed by atoms with Crippen LogP contribution in [0.5, 0.6) is 0 Å². The molecule has 0 bridgehead atoms. The minimum Gasteiger partial charge on any atom is -0.324 e. The Morgan fingerprint density at radius 1 is 1.59 bits per heavy atom. The predicted molar refractivity (Wildman–Crippen MR) is 76.1 cm³/mol. The number of carbonyl (C=O) groups excluding carboxylic acids is 1. The molecule has 1 amide bonds. The molecule has 92 valence electrons. The van der Waals surface area contributed by atoms with E-state index in [1.807, 2.05) is 7.05 Å². The van der Waals surface area contributed by atoms with Gasteiger partial charge in [-0.3, -0.25) is 4.79 Å². The number of benzene rings is 1. The zero-order valence-corrected chi connectivity index (χ0v) is 11.4. The van der Waals surface area contributed by atoms with Gasteiger partial charge >= 0.3 is 0 Å². The van der Waals surface area contributed by atoms with Crippen LogP contribution in [-0.4, -0.2) is 24.5 Å². The largest absolute Gasteiger partial charge is 0.324 e. The summed E-state index contributed by atoms with van der Waals surface area (Å²) in [5, 5.41) is 6.18. The zero-order valence-electron chi connectivity index (χ0n) is 9.69. The second-order valence-electron chi connectivity index (χ2n) is 3.95. The van der Waals surface area contributed by atoms with Crippen LogP contribution in [0.25, 0.3) is 0 Å². The van der Waals surface area contributed by atoms with Crippen molar-refractivity contribution in [1.82, 2.24) is 5.32 Å². The third-order valence-corrected chi connectivity index (χ3v) is 4.14. The summed E-state index contributed by atoms with van der Waals surface area (Å²) in [6, 6.07) is 6.55. The SMILES string of the molecule is CNC(CCS)c1ccc2c(c1)NC(=O)CS2. The number of anilines is 1. The maximum Gasteiger partial charge on any atom is 0.234 e. The molecule has 0 fully saturated rings. The van der Waals surface area contributed by atoms with Gasteiger partial charge in [-0.15, -0.1) is 11.8 Å². The van der Waals surface area contributed by atoms with E-state index in [-0.39, 0.29) is 5.91 Å². The van der Waals surface area contributed by atoms with Crippen LogP contribution in [0.15, 0.2) is 23.1 Å². The van der Waals surface area contributed by atoms with E-state index < -0.39 is 0 Å². The number of thiol groups is 1. The number of hydrogen-bond acceptors (Lipinski definition) is 4. The number of nitrogens with one attached hydrogen (secondary N) is 2. The third kappa shape index (κ3) is 2.97. The summed E-state index contributed by atoms with van der Waals surface area (Å²) >= 11 is 5.85. The molecule has 0 saturated heterocycles. The normalized spacial score (nSPS) is 16.2. The van der Waals surface area contributed by atoms with E-state index in [4.69, 9.17) is 0 Å². The fraction of sp³-hybridized carbons (Fsp3) is 0.417. The Hall–Kier alpha value is -0.650. The first-order valence-electron chi connectivity index (χ1n) is 5.59. The number of rotatable bonds is 4. The summed E-state index contributed by atoms with van der Waals surface area (Å²) in [6.45, 7) is 0. The van der Waals surface area contributed by atoms with Gasteiger partial charge in [-0.1, -0.05) is 6.07 Å². The highest BCUT2D eigenvalue weighted by molar-refractivity contribution is 8.00. The van der Waals surface area contributed by atoms with Crippen LogP contribution in [0, 0.1) is 0 Å². The Bertz CT molecular complexity index is 423. The monoisotopic (exact) mass is 268 g/mol. The van der Waals surface area contributed by atoms with Gasteiger partial charge in [0.1, 0.15) is 0 Å². The van der Waals surface area contributed by atoms with E-state index in [0.717, 1.165) is 22.8 Å². The lowest BCUT2D eigenvalue weighted by atomic mass is 10.0. The van der Waals surface area contributed by atoms with Crippen LogP contribution >= 0.6 is 24.4 Å². The van der Waals surface area contributed by atoms with Gasteiger partial charge in [0.05, 0.1) is 11.4 Å². The highest BCUT2D eigenvalue weighted by Crippen LogP contribution is 2.33. The minimum atomic E-state index is 0.0786. The van der Waals surface area contributed by atoms with Crippen molar-refractivity contribution in [3.8, 4) is 0 Å². The van der Waals surface area contributed by atoms with Crippen LogP contribution in [0.2, 0.25) is 0 Å². The predicted octanol–water partition coefficient (Wildman–Crippen LogP) is 2.31. The van der Waals surface area contributed by atoms with E-state index in [1.165, 1.54) is 5.56 Å². The summed E-state index contributed by atoms with van der Waals surface area (Å²) in [5.74, 6) is 1.43. The van der Waals surface area contributed by atoms with E-state index in [0.29, 0.717) is 11.8 Å². The highest BCUT2D eigenvalue weighted by Gasteiger charge is 2.17. The van der Waals surface area contributed by atoms with Crippen LogP contribution in [0.4, 0.5) is 5.69 Å². The Morgan fingerprint density at radius 2 is 2.41 bits per heavy atom. The van der Waals surface area contributed by atoms with E-state index in [9.17, 15) is 4.79 Å². The molecule has 1 heterocycles. The molecule has 5 heteroatoms. The lowest BCUT2D eigenvalue weighted by molar-refractivity contribution is -0.113. The maximum absolute atomic E-state index is 11.3. The van der Waals surface area contributed by atoms with Gasteiger partial charge in [0.15, 0.2) is 0 Å². The van der Waals surface area contributed by atoms with Crippen LogP contribution in [0.1, 0.15) is 18.0 Å². The minimum absolute atomic E-state index is 0.0786. The summed E-state index contributed by atoms with van der Waals surface area (Å²) < 4.78 is 0. The van der Waals surface area contributed by atoms with Crippen molar-refractivity contribution in [1.29, 1.82) is 0 Å². The van der Waals surface area contributed by atoms with E-state index in [1.54, 1.807) is 11.8 Å². The van der Waals surface area contributed by atoms with Crippen molar-refractivity contribution >= 4 is 36.0 Å². The van der Waals surface area contributed by atoms with Gasteiger partial charge < -0.3 is 10.6 Å². The molecule has 3 nitrogen and oxygen atoms in total. The first-order chi connectivity index (χ1) is 8.24. The fourth-order valence-electron chi connectivity index (χ4n) is 1.92. The van der Waals surface area contributed by atoms with Gasteiger partial charge in [-0.2, -0.15) is 12.6 Å². The Labute approximate surface area is 111 Å². The van der Waals surface area contributed by atoms with Crippen molar-refractivity contribution in [3.63, 3.8) is 0 Å². The van der Waals surface area contributed by atoms with Gasteiger partial charge in [0, 0.05) is 10.9 Å². The second kappa shape index (κ2) is 5.80. The number of thioether (sulfide) groups is 1. The van der Waals surface area contributed by atoms with Crippen LogP contribution in [-0.2, 0) is 4.79 Å².